The van der Waals surface area contributed by atoms with Crippen LogP contribution in [-0.2, 0) is 11.3 Å². The third-order valence-electron chi connectivity index (χ3n) is 1.52. The molecule has 1 aromatic rings. The molecule has 0 atom stereocenters. The van der Waals surface area contributed by atoms with Crippen LogP contribution in [0.25, 0.3) is 0 Å². The molecule has 0 unspecified atom stereocenters. The summed E-state index contributed by atoms with van der Waals surface area (Å²) < 4.78 is 0. The Bertz CT molecular complexity index is 286. The zero-order valence-corrected chi connectivity index (χ0v) is 6.45. The average Bonchev–Trinajstić information content (AvgIpc) is 2.08. The molecule has 0 aliphatic carbocycles. The molecule has 0 bridgehead atoms. The second kappa shape index (κ2) is 3.73. The fourth-order valence-electron chi connectivity index (χ4n) is 0.953. The molecular weight excluding hydrogens is 156 g/mol. The lowest BCUT2D eigenvalue weighted by atomic mass is 10.1. The third-order valence-corrected chi connectivity index (χ3v) is 1.52. The van der Waals surface area contributed by atoms with E-state index in [9.17, 15) is 4.79 Å². The van der Waals surface area contributed by atoms with E-state index in [1.807, 2.05) is 0 Å². The van der Waals surface area contributed by atoms with Gasteiger partial charge < -0.3 is 16.2 Å². The summed E-state index contributed by atoms with van der Waals surface area (Å²) in [6, 6.07) is 4.61. The number of hydrogen-bond acceptors (Lipinski definition) is 3. The van der Waals surface area contributed by atoms with Crippen molar-refractivity contribution in [2.45, 2.75) is 6.54 Å². The van der Waals surface area contributed by atoms with E-state index in [1.165, 1.54) is 12.1 Å². The van der Waals surface area contributed by atoms with Gasteiger partial charge in [0.05, 0.1) is 0 Å². The van der Waals surface area contributed by atoms with Gasteiger partial charge in [0.2, 0.25) is 6.41 Å². The van der Waals surface area contributed by atoms with Crippen LogP contribution in [0.4, 0.5) is 5.69 Å². The standard InChI is InChI=1S/C8H10N2O2/c9-4-6-3-7(12)1-2-8(6)10-5-11/h1-3,5,12H,4,9H2,(H,10,11). The molecule has 12 heavy (non-hydrogen) atoms. The van der Waals surface area contributed by atoms with E-state index in [0.717, 1.165) is 0 Å². The summed E-state index contributed by atoms with van der Waals surface area (Å²) in [5.41, 5.74) is 6.72. The highest BCUT2D eigenvalue weighted by Gasteiger charge is 1.99. The Morgan fingerprint density at radius 1 is 1.58 bits per heavy atom. The monoisotopic (exact) mass is 166 g/mol. The lowest BCUT2D eigenvalue weighted by Crippen LogP contribution is -2.03. The van der Waals surface area contributed by atoms with Gasteiger partial charge in [-0.25, -0.2) is 0 Å². The van der Waals surface area contributed by atoms with Crippen molar-refractivity contribution < 1.29 is 9.90 Å². The molecule has 0 aliphatic rings. The van der Waals surface area contributed by atoms with Crippen molar-refractivity contribution in [3.63, 3.8) is 0 Å². The topological polar surface area (TPSA) is 75.3 Å². The predicted molar refractivity (Wildman–Crippen MR) is 45.7 cm³/mol. The van der Waals surface area contributed by atoms with Gasteiger partial charge in [-0.05, 0) is 23.8 Å². The highest BCUT2D eigenvalue weighted by Crippen LogP contribution is 2.19. The quantitative estimate of drug-likeness (QED) is 0.450. The van der Waals surface area contributed by atoms with Gasteiger partial charge in [-0.1, -0.05) is 0 Å². The molecule has 0 spiro atoms. The molecule has 0 fully saturated rings. The Balaban J connectivity index is 3.01. The Morgan fingerprint density at radius 2 is 2.33 bits per heavy atom. The van der Waals surface area contributed by atoms with Crippen LogP contribution in [0.3, 0.4) is 0 Å². The Labute approximate surface area is 70.0 Å². The summed E-state index contributed by atoms with van der Waals surface area (Å²) in [6.07, 6.45) is 0.575. The fourth-order valence-corrected chi connectivity index (χ4v) is 0.953. The first-order valence-electron chi connectivity index (χ1n) is 3.50. The largest absolute Gasteiger partial charge is 0.508 e. The van der Waals surface area contributed by atoms with Crippen LogP contribution in [-0.4, -0.2) is 11.5 Å². The normalized spacial score (nSPS) is 9.42. The number of carbonyl (C=O) groups excluding carboxylic acids is 1. The van der Waals surface area contributed by atoms with Crippen LogP contribution in [0.15, 0.2) is 18.2 Å². The minimum absolute atomic E-state index is 0.145. The number of carbonyl (C=O) groups is 1. The Kier molecular flexibility index (Phi) is 2.66. The minimum Gasteiger partial charge on any atom is -0.508 e. The van der Waals surface area contributed by atoms with Crippen LogP contribution in [0.5, 0.6) is 5.75 Å². The lowest BCUT2D eigenvalue weighted by molar-refractivity contribution is -0.105. The molecule has 4 N–H and O–H groups in total. The van der Waals surface area contributed by atoms with E-state index in [0.29, 0.717) is 17.7 Å². The Morgan fingerprint density at radius 3 is 2.92 bits per heavy atom. The third kappa shape index (κ3) is 1.73. The zero-order chi connectivity index (χ0) is 8.97. The molecular formula is C8H10N2O2. The number of nitrogens with two attached hydrogens (primary N) is 1. The van der Waals surface area contributed by atoms with Gasteiger partial charge in [0.25, 0.3) is 0 Å². The van der Waals surface area contributed by atoms with Crippen molar-refractivity contribution in [3.8, 4) is 5.75 Å². The van der Waals surface area contributed by atoms with Crippen molar-refractivity contribution in [2.75, 3.05) is 5.32 Å². The molecule has 0 aliphatic heterocycles. The number of aromatic hydroxyl groups is 1. The number of amides is 1. The summed E-state index contributed by atoms with van der Waals surface area (Å²) >= 11 is 0. The summed E-state index contributed by atoms with van der Waals surface area (Å²) in [5, 5.41) is 11.5. The second-order valence-electron chi connectivity index (χ2n) is 2.31. The molecule has 0 saturated carbocycles. The maximum Gasteiger partial charge on any atom is 0.211 e. The first-order valence-corrected chi connectivity index (χ1v) is 3.50. The zero-order valence-electron chi connectivity index (χ0n) is 6.45. The van der Waals surface area contributed by atoms with Crippen molar-refractivity contribution in [3.05, 3.63) is 23.8 Å². The van der Waals surface area contributed by atoms with Gasteiger partial charge in [-0.15, -0.1) is 0 Å². The molecule has 4 nitrogen and oxygen atoms in total. The van der Waals surface area contributed by atoms with Gasteiger partial charge >= 0.3 is 0 Å². The van der Waals surface area contributed by atoms with Crippen molar-refractivity contribution >= 4 is 12.1 Å². The number of hydrogen-bond donors (Lipinski definition) is 3. The Hall–Kier alpha value is -1.55. The van der Waals surface area contributed by atoms with Gasteiger partial charge in [-0.2, -0.15) is 0 Å². The number of rotatable bonds is 3. The van der Waals surface area contributed by atoms with E-state index >= 15 is 0 Å². The molecule has 0 aromatic heterocycles. The summed E-state index contributed by atoms with van der Waals surface area (Å²) in [6.45, 7) is 0.282. The van der Waals surface area contributed by atoms with Gasteiger partial charge in [0.1, 0.15) is 5.75 Å². The number of nitrogens with one attached hydrogen (secondary N) is 1. The van der Waals surface area contributed by atoms with E-state index in [2.05, 4.69) is 5.32 Å². The van der Waals surface area contributed by atoms with Crippen molar-refractivity contribution in [1.29, 1.82) is 0 Å². The summed E-state index contributed by atoms with van der Waals surface area (Å²) in [4.78, 5) is 10.1. The fraction of sp³-hybridized carbons (Fsp3) is 0.125. The van der Waals surface area contributed by atoms with Crippen molar-refractivity contribution in [2.24, 2.45) is 5.73 Å². The highest BCUT2D eigenvalue weighted by molar-refractivity contribution is 5.73. The van der Waals surface area contributed by atoms with Crippen LogP contribution >= 0.6 is 0 Å². The SMILES string of the molecule is NCc1cc(O)ccc1NC=O. The second-order valence-corrected chi connectivity index (χ2v) is 2.31. The smallest absolute Gasteiger partial charge is 0.211 e. The molecule has 64 valence electrons. The molecule has 4 heteroatoms. The first kappa shape index (κ1) is 8.55. The first-order chi connectivity index (χ1) is 5.77. The van der Waals surface area contributed by atoms with E-state index in [1.54, 1.807) is 6.07 Å². The van der Waals surface area contributed by atoms with Crippen LogP contribution in [0.2, 0.25) is 0 Å². The number of phenols is 1. The minimum atomic E-state index is 0.145. The molecule has 0 heterocycles. The summed E-state index contributed by atoms with van der Waals surface area (Å²) in [7, 11) is 0. The highest BCUT2D eigenvalue weighted by atomic mass is 16.3. The van der Waals surface area contributed by atoms with Crippen LogP contribution in [0.1, 0.15) is 5.56 Å². The number of benzene rings is 1. The predicted octanol–water partition coefficient (Wildman–Crippen LogP) is 0.419. The van der Waals surface area contributed by atoms with E-state index in [4.69, 9.17) is 10.8 Å². The van der Waals surface area contributed by atoms with E-state index in [-0.39, 0.29) is 12.3 Å². The molecule has 1 amide bonds. The number of phenolic OH excluding ortho intramolecular Hbond substituents is 1. The van der Waals surface area contributed by atoms with Crippen LogP contribution in [0, 0.1) is 0 Å². The number of anilines is 1. The van der Waals surface area contributed by atoms with Crippen molar-refractivity contribution in [1.82, 2.24) is 0 Å². The molecule has 0 saturated heterocycles. The van der Waals surface area contributed by atoms with Crippen LogP contribution < -0.4 is 11.1 Å². The van der Waals surface area contributed by atoms with Gasteiger partial charge in [0, 0.05) is 12.2 Å². The summed E-state index contributed by atoms with van der Waals surface area (Å²) in [5.74, 6) is 0.145. The van der Waals surface area contributed by atoms with Gasteiger partial charge in [0.15, 0.2) is 0 Å². The maximum absolute atomic E-state index is 10.1. The van der Waals surface area contributed by atoms with Gasteiger partial charge in [-0.3, -0.25) is 4.79 Å². The molecule has 1 aromatic carbocycles. The molecule has 1 rings (SSSR count). The molecule has 0 radical (unpaired) electrons. The van der Waals surface area contributed by atoms with E-state index < -0.39 is 0 Å². The average molecular weight is 166 g/mol. The maximum atomic E-state index is 10.1. The lowest BCUT2D eigenvalue weighted by Gasteiger charge is -2.05.